The zero-order valence-corrected chi connectivity index (χ0v) is 16.9. The summed E-state index contributed by atoms with van der Waals surface area (Å²) < 4.78 is 2.12. The normalized spacial score (nSPS) is 11.1. The van der Waals surface area contributed by atoms with E-state index < -0.39 is 0 Å². The van der Waals surface area contributed by atoms with Gasteiger partial charge in [-0.25, -0.2) is 4.98 Å². The van der Waals surface area contributed by atoms with Crippen LogP contribution in [-0.4, -0.2) is 19.4 Å². The molecular formula is C26H22N4. The van der Waals surface area contributed by atoms with Crippen LogP contribution in [-0.2, 0) is 12.8 Å². The van der Waals surface area contributed by atoms with Crippen molar-refractivity contribution in [1.29, 1.82) is 0 Å². The molecule has 0 bridgehead atoms. The molecule has 0 aliphatic carbocycles. The third kappa shape index (κ3) is 3.60. The molecule has 0 N–H and O–H groups in total. The van der Waals surface area contributed by atoms with Crippen molar-refractivity contribution in [2.24, 2.45) is 0 Å². The molecule has 0 aliphatic rings. The summed E-state index contributed by atoms with van der Waals surface area (Å²) in [6, 6.07) is 23.0. The van der Waals surface area contributed by atoms with Gasteiger partial charge in [0.25, 0.3) is 0 Å². The first-order valence-electron chi connectivity index (χ1n) is 10.2. The van der Waals surface area contributed by atoms with Gasteiger partial charge < -0.3 is 0 Å². The molecule has 3 heterocycles. The third-order valence-corrected chi connectivity index (χ3v) is 5.36. The smallest absolute Gasteiger partial charge is 0.159 e. The summed E-state index contributed by atoms with van der Waals surface area (Å²) >= 11 is 0. The lowest BCUT2D eigenvalue weighted by Crippen LogP contribution is -2.00. The van der Waals surface area contributed by atoms with Crippen LogP contribution in [0.5, 0.6) is 0 Å². The Morgan fingerprint density at radius 2 is 1.63 bits per heavy atom. The van der Waals surface area contributed by atoms with E-state index in [1.165, 1.54) is 11.1 Å². The van der Waals surface area contributed by atoms with Gasteiger partial charge in [0.15, 0.2) is 5.65 Å². The van der Waals surface area contributed by atoms with Crippen molar-refractivity contribution >= 4 is 5.65 Å². The molecule has 30 heavy (non-hydrogen) atoms. The summed E-state index contributed by atoms with van der Waals surface area (Å²) in [6.45, 7) is 2.10. The van der Waals surface area contributed by atoms with E-state index in [9.17, 15) is 0 Å². The summed E-state index contributed by atoms with van der Waals surface area (Å²) in [5, 5.41) is 0. The molecule has 5 rings (SSSR count). The minimum absolute atomic E-state index is 0.820. The maximum atomic E-state index is 4.67. The monoisotopic (exact) mass is 390 g/mol. The summed E-state index contributed by atoms with van der Waals surface area (Å²) in [6.07, 6.45) is 9.43. The molecule has 0 spiro atoms. The fourth-order valence-electron chi connectivity index (χ4n) is 3.78. The Morgan fingerprint density at radius 1 is 0.767 bits per heavy atom. The van der Waals surface area contributed by atoms with Crippen LogP contribution in [0, 0.1) is 6.92 Å². The van der Waals surface area contributed by atoms with Crippen LogP contribution >= 0.6 is 0 Å². The number of aryl methyl sites for hydroxylation is 3. The maximum absolute atomic E-state index is 4.67. The van der Waals surface area contributed by atoms with E-state index in [1.54, 1.807) is 0 Å². The first-order chi connectivity index (χ1) is 14.8. The van der Waals surface area contributed by atoms with Crippen LogP contribution in [0.4, 0.5) is 0 Å². The highest BCUT2D eigenvalue weighted by Crippen LogP contribution is 2.22. The van der Waals surface area contributed by atoms with Gasteiger partial charge in [-0.2, -0.15) is 0 Å². The minimum Gasteiger partial charge on any atom is -0.297 e. The van der Waals surface area contributed by atoms with E-state index in [4.69, 9.17) is 0 Å². The Balaban J connectivity index is 1.36. The van der Waals surface area contributed by atoms with Gasteiger partial charge in [-0.15, -0.1) is 0 Å². The van der Waals surface area contributed by atoms with Crippen LogP contribution in [0.25, 0.3) is 28.2 Å². The maximum Gasteiger partial charge on any atom is 0.159 e. The fourth-order valence-corrected chi connectivity index (χ4v) is 3.78. The second-order valence-corrected chi connectivity index (χ2v) is 7.50. The molecule has 0 saturated heterocycles. The number of benzene rings is 2. The van der Waals surface area contributed by atoms with Crippen molar-refractivity contribution in [2.75, 3.05) is 0 Å². The number of fused-ring (bicyclic) bond motifs is 1. The number of rotatable bonds is 5. The number of aromatic nitrogens is 4. The zero-order chi connectivity index (χ0) is 20.3. The highest BCUT2D eigenvalue weighted by atomic mass is 15.0. The van der Waals surface area contributed by atoms with Gasteiger partial charge >= 0.3 is 0 Å². The Labute approximate surface area is 175 Å². The highest BCUT2D eigenvalue weighted by Gasteiger charge is 2.10. The molecule has 4 heteroatoms. The molecule has 146 valence electrons. The van der Waals surface area contributed by atoms with Crippen molar-refractivity contribution in [3.05, 3.63) is 108 Å². The molecule has 0 atom stereocenters. The molecule has 0 radical (unpaired) electrons. The second kappa shape index (κ2) is 7.91. The number of hydrogen-bond acceptors (Lipinski definition) is 3. The van der Waals surface area contributed by atoms with Gasteiger partial charge in [-0.05, 0) is 37.5 Å². The van der Waals surface area contributed by atoms with Crippen molar-refractivity contribution in [2.45, 2.75) is 19.8 Å². The van der Waals surface area contributed by atoms with Gasteiger partial charge in [0.2, 0.25) is 0 Å². The molecule has 0 unspecified atom stereocenters. The van der Waals surface area contributed by atoms with E-state index in [-0.39, 0.29) is 0 Å². The average molecular weight is 390 g/mol. The van der Waals surface area contributed by atoms with Crippen molar-refractivity contribution in [3.8, 4) is 22.5 Å². The van der Waals surface area contributed by atoms with Gasteiger partial charge in [0.1, 0.15) is 0 Å². The third-order valence-electron chi connectivity index (χ3n) is 5.36. The quantitative estimate of drug-likeness (QED) is 0.395. The predicted molar refractivity (Wildman–Crippen MR) is 120 cm³/mol. The number of nitrogens with zero attached hydrogens (tertiary/aromatic N) is 4. The second-order valence-electron chi connectivity index (χ2n) is 7.50. The minimum atomic E-state index is 0.820. The van der Waals surface area contributed by atoms with Crippen LogP contribution in [0.15, 0.2) is 91.5 Å². The van der Waals surface area contributed by atoms with Crippen LogP contribution in [0.2, 0.25) is 0 Å². The Bertz CT molecular complexity index is 1290. The molecule has 3 aromatic heterocycles. The average Bonchev–Trinajstić information content (AvgIpc) is 3.23. The first-order valence-corrected chi connectivity index (χ1v) is 10.2. The molecule has 2 aromatic carbocycles. The van der Waals surface area contributed by atoms with Crippen molar-refractivity contribution < 1.29 is 0 Å². The van der Waals surface area contributed by atoms with Gasteiger partial charge in [-0.3, -0.25) is 14.4 Å². The summed E-state index contributed by atoms with van der Waals surface area (Å²) in [5.74, 6) is 0. The van der Waals surface area contributed by atoms with E-state index in [2.05, 4.69) is 74.8 Å². The van der Waals surface area contributed by atoms with E-state index >= 15 is 0 Å². The molecule has 0 fully saturated rings. The van der Waals surface area contributed by atoms with E-state index in [1.807, 2.05) is 43.0 Å². The van der Waals surface area contributed by atoms with E-state index in [0.29, 0.717) is 0 Å². The lowest BCUT2D eigenvalue weighted by Gasteiger charge is -2.07. The standard InChI is InChI=1S/C26H22N4/c1-19-6-5-9-22(16-19)23-12-10-20(17-28-23)11-13-24-26-29-18-25(30(26)15-14-27-24)21-7-3-2-4-8-21/h2-10,12,14-18H,11,13H2,1H3. The molecule has 0 saturated carbocycles. The van der Waals surface area contributed by atoms with Crippen LogP contribution in [0.3, 0.4) is 0 Å². The largest absolute Gasteiger partial charge is 0.297 e. The zero-order valence-electron chi connectivity index (χ0n) is 16.9. The predicted octanol–water partition coefficient (Wildman–Crippen LogP) is 5.55. The number of imidazole rings is 1. The highest BCUT2D eigenvalue weighted by molar-refractivity contribution is 5.64. The molecule has 4 nitrogen and oxygen atoms in total. The molecular weight excluding hydrogens is 368 g/mol. The Morgan fingerprint density at radius 3 is 2.43 bits per heavy atom. The fraction of sp³-hybridized carbons (Fsp3) is 0.115. The lowest BCUT2D eigenvalue weighted by atomic mass is 10.1. The van der Waals surface area contributed by atoms with Crippen molar-refractivity contribution in [3.63, 3.8) is 0 Å². The van der Waals surface area contributed by atoms with Gasteiger partial charge in [-0.1, -0.05) is 60.2 Å². The Kier molecular flexibility index (Phi) is 4.81. The molecule has 0 aliphatic heterocycles. The number of hydrogen-bond donors (Lipinski definition) is 0. The number of pyridine rings is 1. The van der Waals surface area contributed by atoms with Crippen LogP contribution in [0.1, 0.15) is 16.8 Å². The van der Waals surface area contributed by atoms with Crippen LogP contribution < -0.4 is 0 Å². The SMILES string of the molecule is Cc1cccc(-c2ccc(CCc3nccn4c(-c5ccccc5)cnc34)cn2)c1. The summed E-state index contributed by atoms with van der Waals surface area (Å²) in [7, 11) is 0. The lowest BCUT2D eigenvalue weighted by molar-refractivity contribution is 0.897. The molecule has 0 amide bonds. The molecule has 5 aromatic rings. The summed E-state index contributed by atoms with van der Waals surface area (Å²) in [5.41, 5.74) is 8.75. The first kappa shape index (κ1) is 18.3. The van der Waals surface area contributed by atoms with Gasteiger partial charge in [0.05, 0.1) is 23.3 Å². The topological polar surface area (TPSA) is 43.1 Å². The van der Waals surface area contributed by atoms with E-state index in [0.717, 1.165) is 46.7 Å². The van der Waals surface area contributed by atoms with Crippen molar-refractivity contribution in [1.82, 2.24) is 19.4 Å². The summed E-state index contributed by atoms with van der Waals surface area (Å²) in [4.78, 5) is 13.9. The Hall–Kier alpha value is -3.79. The van der Waals surface area contributed by atoms with Gasteiger partial charge in [0, 0.05) is 29.7 Å².